The van der Waals surface area contributed by atoms with Crippen LogP contribution in [0.1, 0.15) is 43.5 Å². The molecule has 1 fully saturated rings. The summed E-state index contributed by atoms with van der Waals surface area (Å²) < 4.78 is 0.890. The van der Waals surface area contributed by atoms with E-state index in [0.717, 1.165) is 10.9 Å². The normalized spacial score (nSPS) is 27.0. The minimum atomic E-state index is -0.0593. The van der Waals surface area contributed by atoms with Crippen LogP contribution in [-0.4, -0.2) is 11.9 Å². The van der Waals surface area contributed by atoms with E-state index in [4.69, 9.17) is 5.73 Å². The number of anilines is 1. The van der Waals surface area contributed by atoms with Gasteiger partial charge in [-0.15, -0.1) is 0 Å². The first-order valence-corrected chi connectivity index (χ1v) is 7.64. The molecule has 1 amide bonds. The van der Waals surface area contributed by atoms with Crippen molar-refractivity contribution >= 4 is 27.5 Å². The van der Waals surface area contributed by atoms with E-state index in [2.05, 4.69) is 35.1 Å². The molecule has 1 saturated carbocycles. The van der Waals surface area contributed by atoms with Crippen LogP contribution < -0.4 is 11.1 Å². The lowest BCUT2D eigenvalue weighted by molar-refractivity contribution is 0.0892. The van der Waals surface area contributed by atoms with E-state index >= 15 is 0 Å². The lowest BCUT2D eigenvalue weighted by Crippen LogP contribution is -2.43. The molecule has 3 nitrogen and oxygen atoms in total. The van der Waals surface area contributed by atoms with Crippen LogP contribution in [0.5, 0.6) is 0 Å². The van der Waals surface area contributed by atoms with Crippen LogP contribution in [0.15, 0.2) is 22.7 Å². The molecule has 0 heterocycles. The first kappa shape index (κ1) is 14.4. The Balaban J connectivity index is 2.08. The second-order valence-corrected chi connectivity index (χ2v) is 6.49. The summed E-state index contributed by atoms with van der Waals surface area (Å²) in [6.45, 7) is 4.48. The SMILES string of the molecule is CC1CCCC(NC(=O)c2ccc(Br)cc2N)C1C. The average molecular weight is 325 g/mol. The molecule has 4 heteroatoms. The molecule has 1 aromatic carbocycles. The highest BCUT2D eigenvalue weighted by molar-refractivity contribution is 9.10. The predicted molar refractivity (Wildman–Crippen MR) is 82.0 cm³/mol. The number of nitrogen functional groups attached to an aromatic ring is 1. The molecule has 2 rings (SSSR count). The molecule has 3 unspecified atom stereocenters. The van der Waals surface area contributed by atoms with Crippen molar-refractivity contribution in [3.8, 4) is 0 Å². The number of halogens is 1. The Morgan fingerprint density at radius 3 is 2.79 bits per heavy atom. The van der Waals surface area contributed by atoms with Gasteiger partial charge in [0.15, 0.2) is 0 Å². The van der Waals surface area contributed by atoms with Gasteiger partial charge >= 0.3 is 0 Å². The second-order valence-electron chi connectivity index (χ2n) is 5.58. The Kier molecular flexibility index (Phi) is 4.50. The number of hydrogen-bond donors (Lipinski definition) is 2. The topological polar surface area (TPSA) is 55.1 Å². The summed E-state index contributed by atoms with van der Waals surface area (Å²) >= 11 is 3.35. The number of benzene rings is 1. The summed E-state index contributed by atoms with van der Waals surface area (Å²) in [5, 5.41) is 3.14. The Morgan fingerprint density at radius 1 is 1.37 bits per heavy atom. The van der Waals surface area contributed by atoms with Gasteiger partial charge in [-0.3, -0.25) is 4.79 Å². The van der Waals surface area contributed by atoms with E-state index in [9.17, 15) is 4.79 Å². The summed E-state index contributed by atoms with van der Waals surface area (Å²) in [6.07, 6.45) is 3.51. The smallest absolute Gasteiger partial charge is 0.253 e. The standard InChI is InChI=1S/C15H21BrN2O/c1-9-4-3-5-14(10(9)2)18-15(19)12-7-6-11(16)8-13(12)17/h6-10,14H,3-5,17H2,1-2H3,(H,18,19). The first-order valence-electron chi connectivity index (χ1n) is 6.85. The van der Waals surface area contributed by atoms with Gasteiger partial charge in [0.2, 0.25) is 0 Å². The maximum atomic E-state index is 12.3. The van der Waals surface area contributed by atoms with Gasteiger partial charge in [-0.2, -0.15) is 0 Å². The van der Waals surface area contributed by atoms with Crippen molar-refractivity contribution in [2.24, 2.45) is 11.8 Å². The van der Waals surface area contributed by atoms with Crippen molar-refractivity contribution in [3.63, 3.8) is 0 Å². The average Bonchev–Trinajstić information content (AvgIpc) is 2.34. The summed E-state index contributed by atoms with van der Waals surface area (Å²) in [4.78, 5) is 12.3. The largest absolute Gasteiger partial charge is 0.398 e. The molecule has 1 aromatic rings. The Labute approximate surface area is 123 Å². The molecule has 104 valence electrons. The molecule has 0 radical (unpaired) electrons. The monoisotopic (exact) mass is 324 g/mol. The maximum Gasteiger partial charge on any atom is 0.253 e. The first-order chi connectivity index (χ1) is 8.99. The summed E-state index contributed by atoms with van der Waals surface area (Å²) in [5.41, 5.74) is 6.98. The van der Waals surface area contributed by atoms with Crippen molar-refractivity contribution < 1.29 is 4.79 Å². The number of carbonyl (C=O) groups is 1. The molecule has 0 saturated heterocycles. The van der Waals surface area contributed by atoms with Gasteiger partial charge in [-0.1, -0.05) is 42.6 Å². The van der Waals surface area contributed by atoms with Gasteiger partial charge in [0.25, 0.3) is 5.91 Å². The van der Waals surface area contributed by atoms with Gasteiger partial charge in [0.05, 0.1) is 5.56 Å². The van der Waals surface area contributed by atoms with Crippen LogP contribution in [-0.2, 0) is 0 Å². The zero-order chi connectivity index (χ0) is 14.0. The van der Waals surface area contributed by atoms with E-state index in [-0.39, 0.29) is 11.9 Å². The quantitative estimate of drug-likeness (QED) is 0.817. The van der Waals surface area contributed by atoms with Crippen molar-refractivity contribution in [1.29, 1.82) is 0 Å². The number of amides is 1. The fourth-order valence-corrected chi connectivity index (χ4v) is 3.15. The molecular formula is C15H21BrN2O. The van der Waals surface area contributed by atoms with Crippen LogP contribution in [0.3, 0.4) is 0 Å². The van der Waals surface area contributed by atoms with E-state index in [1.54, 1.807) is 12.1 Å². The number of nitrogens with one attached hydrogen (secondary N) is 1. The highest BCUT2D eigenvalue weighted by Gasteiger charge is 2.28. The summed E-state index contributed by atoms with van der Waals surface area (Å²) in [5.74, 6) is 1.13. The second kappa shape index (κ2) is 5.95. The lowest BCUT2D eigenvalue weighted by Gasteiger charge is -2.34. The molecule has 0 spiro atoms. The van der Waals surface area contributed by atoms with Crippen LogP contribution in [0.4, 0.5) is 5.69 Å². The maximum absolute atomic E-state index is 12.3. The van der Waals surface area contributed by atoms with Gasteiger partial charge < -0.3 is 11.1 Å². The van der Waals surface area contributed by atoms with Crippen LogP contribution >= 0.6 is 15.9 Å². The molecular weight excluding hydrogens is 304 g/mol. The predicted octanol–water partition coefficient (Wildman–Crippen LogP) is 3.59. The Morgan fingerprint density at radius 2 is 2.11 bits per heavy atom. The minimum absolute atomic E-state index is 0.0593. The highest BCUT2D eigenvalue weighted by atomic mass is 79.9. The fraction of sp³-hybridized carbons (Fsp3) is 0.533. The van der Waals surface area contributed by atoms with E-state index in [1.165, 1.54) is 12.8 Å². The lowest BCUT2D eigenvalue weighted by atomic mass is 9.78. The van der Waals surface area contributed by atoms with Crippen molar-refractivity contribution in [1.82, 2.24) is 5.32 Å². The number of hydrogen-bond acceptors (Lipinski definition) is 2. The molecule has 19 heavy (non-hydrogen) atoms. The molecule has 0 bridgehead atoms. The Bertz CT molecular complexity index is 475. The highest BCUT2D eigenvalue weighted by Crippen LogP contribution is 2.30. The molecule has 0 aliphatic heterocycles. The van der Waals surface area contributed by atoms with Crippen LogP contribution in [0.2, 0.25) is 0 Å². The zero-order valence-electron chi connectivity index (χ0n) is 11.4. The van der Waals surface area contributed by atoms with E-state index in [1.807, 2.05) is 6.07 Å². The van der Waals surface area contributed by atoms with Crippen molar-refractivity contribution in [3.05, 3.63) is 28.2 Å². The zero-order valence-corrected chi connectivity index (χ0v) is 13.0. The molecule has 3 atom stereocenters. The van der Waals surface area contributed by atoms with Gasteiger partial charge in [-0.05, 0) is 36.5 Å². The van der Waals surface area contributed by atoms with E-state index in [0.29, 0.717) is 23.1 Å². The van der Waals surface area contributed by atoms with E-state index < -0.39 is 0 Å². The molecule has 3 N–H and O–H groups in total. The minimum Gasteiger partial charge on any atom is -0.398 e. The van der Waals surface area contributed by atoms with Crippen LogP contribution in [0.25, 0.3) is 0 Å². The number of nitrogens with two attached hydrogens (primary N) is 1. The summed E-state index contributed by atoms with van der Waals surface area (Å²) in [7, 11) is 0. The third kappa shape index (κ3) is 3.30. The van der Waals surface area contributed by atoms with Crippen LogP contribution in [0, 0.1) is 11.8 Å². The third-order valence-electron chi connectivity index (χ3n) is 4.28. The molecule has 1 aliphatic carbocycles. The van der Waals surface area contributed by atoms with Gasteiger partial charge in [-0.25, -0.2) is 0 Å². The third-order valence-corrected chi connectivity index (χ3v) is 4.77. The Hall–Kier alpha value is -1.03. The summed E-state index contributed by atoms with van der Waals surface area (Å²) in [6, 6.07) is 5.64. The molecule has 1 aliphatic rings. The van der Waals surface area contributed by atoms with Crippen molar-refractivity contribution in [2.45, 2.75) is 39.2 Å². The number of rotatable bonds is 2. The molecule has 0 aromatic heterocycles. The fourth-order valence-electron chi connectivity index (χ4n) is 2.77. The van der Waals surface area contributed by atoms with Crippen molar-refractivity contribution in [2.75, 3.05) is 5.73 Å². The van der Waals surface area contributed by atoms with Gasteiger partial charge in [0, 0.05) is 16.2 Å². The van der Waals surface area contributed by atoms with Gasteiger partial charge in [0.1, 0.15) is 0 Å². The number of carbonyl (C=O) groups excluding carboxylic acids is 1.